The zero-order valence-corrected chi connectivity index (χ0v) is 33.3. The summed E-state index contributed by atoms with van der Waals surface area (Å²) in [5.74, 6) is 2.60. The molecule has 8 aromatic carbocycles. The molecular weight excluding hydrogens is 733 g/mol. The first-order valence-electron chi connectivity index (χ1n) is 20.4. The number of fused-ring (bicyclic) bond motifs is 4. The third-order valence-corrected chi connectivity index (χ3v) is 10.8. The minimum Gasteiger partial charge on any atom is -0.292 e. The molecule has 0 N–H and O–H groups in total. The molecule has 11 aromatic rings. The van der Waals surface area contributed by atoms with Gasteiger partial charge < -0.3 is 0 Å². The molecule has 0 aliphatic heterocycles. The molecule has 0 spiro atoms. The van der Waals surface area contributed by atoms with E-state index in [2.05, 4.69) is 191 Å². The summed E-state index contributed by atoms with van der Waals surface area (Å²) in [5, 5.41) is 2.18. The molecule has 0 aliphatic carbocycles. The number of imidazole rings is 1. The smallest absolute Gasteiger partial charge is 0.238 e. The van der Waals surface area contributed by atoms with E-state index in [0.717, 1.165) is 83.3 Å². The van der Waals surface area contributed by atoms with E-state index in [1.807, 2.05) is 38.1 Å². The van der Waals surface area contributed by atoms with Gasteiger partial charge in [-0.05, 0) is 64.7 Å². The number of benzene rings is 8. The van der Waals surface area contributed by atoms with Crippen molar-refractivity contribution in [2.75, 3.05) is 0 Å². The fraction of sp³-hybridized carbons (Fsp3) is 0.0370. The predicted octanol–water partition coefficient (Wildman–Crippen LogP) is 13.7. The first kappa shape index (κ1) is 36.4. The molecule has 6 heteroatoms. The summed E-state index contributed by atoms with van der Waals surface area (Å²) >= 11 is 0. The van der Waals surface area contributed by atoms with Crippen LogP contribution in [0.3, 0.4) is 0 Å². The minimum atomic E-state index is 0.534. The van der Waals surface area contributed by atoms with Gasteiger partial charge in [-0.3, -0.25) is 9.13 Å². The maximum Gasteiger partial charge on any atom is 0.238 e. The molecular formula is C54H40N6. The van der Waals surface area contributed by atoms with Gasteiger partial charge in [-0.25, -0.2) is 9.97 Å². The number of aromatic nitrogens is 6. The molecule has 0 saturated carbocycles. The quantitative estimate of drug-likeness (QED) is 0.162. The summed E-state index contributed by atoms with van der Waals surface area (Å²) in [5.41, 5.74) is 12.2. The predicted molar refractivity (Wildman–Crippen MR) is 247 cm³/mol. The standard InChI is InChI=1S/C52H34N6.C2H6/c1-5-17-35(18-6-1)38-23-15-25-40(31-38)49-54-50(41-26-16-24-39(32-41)36-19-7-2-8-20-36)56-52(55-49)58-46-30-14-13-29-43(46)44-33-48-45(34-47(44)58)53-51(37-21-9-3-10-22-37)57(48)42-27-11-4-12-28-42;1-2/h1-34H;1-2H3. The zero-order chi connectivity index (χ0) is 40.4. The maximum absolute atomic E-state index is 5.32. The van der Waals surface area contributed by atoms with Crippen LogP contribution >= 0.6 is 0 Å². The lowest BCUT2D eigenvalue weighted by Crippen LogP contribution is -2.06. The van der Waals surface area contributed by atoms with Gasteiger partial charge in [0.2, 0.25) is 5.95 Å². The van der Waals surface area contributed by atoms with E-state index < -0.39 is 0 Å². The Morgan fingerprint density at radius 3 is 1.38 bits per heavy atom. The van der Waals surface area contributed by atoms with Crippen molar-refractivity contribution in [1.82, 2.24) is 29.1 Å². The number of hydrogen-bond acceptors (Lipinski definition) is 4. The summed E-state index contributed by atoms with van der Waals surface area (Å²) in [7, 11) is 0. The second-order valence-corrected chi connectivity index (χ2v) is 14.4. The van der Waals surface area contributed by atoms with Crippen LogP contribution in [0.25, 0.3) is 101 Å². The summed E-state index contributed by atoms with van der Waals surface area (Å²) in [6, 6.07) is 71.5. The van der Waals surface area contributed by atoms with Crippen LogP contribution in [0.1, 0.15) is 13.8 Å². The Morgan fingerprint density at radius 2 is 0.800 bits per heavy atom. The molecule has 0 radical (unpaired) electrons. The average molecular weight is 773 g/mol. The van der Waals surface area contributed by atoms with Gasteiger partial charge in [-0.15, -0.1) is 0 Å². The molecule has 0 aliphatic rings. The highest BCUT2D eigenvalue weighted by Crippen LogP contribution is 2.38. The Balaban J connectivity index is 0.00000213. The van der Waals surface area contributed by atoms with E-state index in [-0.39, 0.29) is 0 Å². The molecule has 286 valence electrons. The van der Waals surface area contributed by atoms with Crippen molar-refractivity contribution in [2.45, 2.75) is 13.8 Å². The highest BCUT2D eigenvalue weighted by molar-refractivity contribution is 6.13. The fourth-order valence-corrected chi connectivity index (χ4v) is 8.03. The number of nitrogens with zero attached hydrogens (tertiary/aromatic N) is 6. The molecule has 0 amide bonds. The molecule has 0 bridgehead atoms. The fourth-order valence-electron chi connectivity index (χ4n) is 8.03. The summed E-state index contributed by atoms with van der Waals surface area (Å²) in [6.45, 7) is 4.00. The van der Waals surface area contributed by atoms with Crippen LogP contribution in [0.15, 0.2) is 206 Å². The average Bonchev–Trinajstić information content (AvgIpc) is 3.88. The van der Waals surface area contributed by atoms with Crippen molar-refractivity contribution >= 4 is 32.8 Å². The number of para-hydroxylation sites is 2. The van der Waals surface area contributed by atoms with E-state index in [4.69, 9.17) is 19.9 Å². The van der Waals surface area contributed by atoms with Crippen LogP contribution in [0.4, 0.5) is 0 Å². The summed E-state index contributed by atoms with van der Waals surface area (Å²) in [4.78, 5) is 21.1. The van der Waals surface area contributed by atoms with Crippen molar-refractivity contribution in [3.63, 3.8) is 0 Å². The van der Waals surface area contributed by atoms with Crippen LogP contribution in [-0.2, 0) is 0 Å². The number of rotatable bonds is 7. The Bertz CT molecular complexity index is 3160. The Hall–Kier alpha value is -7.96. The molecule has 3 heterocycles. The van der Waals surface area contributed by atoms with Crippen LogP contribution < -0.4 is 0 Å². The van der Waals surface area contributed by atoms with E-state index in [0.29, 0.717) is 17.6 Å². The van der Waals surface area contributed by atoms with Crippen LogP contribution in [0.5, 0.6) is 0 Å². The van der Waals surface area contributed by atoms with Crippen molar-refractivity contribution in [1.29, 1.82) is 0 Å². The van der Waals surface area contributed by atoms with Crippen LogP contribution in [0, 0.1) is 0 Å². The lowest BCUT2D eigenvalue weighted by molar-refractivity contribution is 0.954. The van der Waals surface area contributed by atoms with Crippen LogP contribution in [0.2, 0.25) is 0 Å². The molecule has 0 unspecified atom stereocenters. The number of hydrogen-bond donors (Lipinski definition) is 0. The summed E-state index contributed by atoms with van der Waals surface area (Å²) in [6.07, 6.45) is 0. The third kappa shape index (κ3) is 6.60. The Morgan fingerprint density at radius 1 is 0.317 bits per heavy atom. The Labute approximate surface area is 348 Å². The van der Waals surface area contributed by atoms with Gasteiger partial charge in [-0.1, -0.05) is 178 Å². The van der Waals surface area contributed by atoms with Crippen molar-refractivity contribution in [3.8, 4) is 68.1 Å². The second-order valence-electron chi connectivity index (χ2n) is 14.4. The first-order chi connectivity index (χ1) is 29.7. The molecule has 0 saturated heterocycles. The van der Waals surface area contributed by atoms with E-state index in [1.165, 1.54) is 0 Å². The lowest BCUT2D eigenvalue weighted by atomic mass is 10.0. The summed E-state index contributed by atoms with van der Waals surface area (Å²) < 4.78 is 4.43. The third-order valence-electron chi connectivity index (χ3n) is 10.8. The molecule has 3 aromatic heterocycles. The van der Waals surface area contributed by atoms with Gasteiger partial charge in [0.15, 0.2) is 11.6 Å². The first-order valence-corrected chi connectivity index (χ1v) is 20.4. The normalized spacial score (nSPS) is 11.2. The molecule has 0 fully saturated rings. The van der Waals surface area contributed by atoms with Gasteiger partial charge in [0.25, 0.3) is 0 Å². The zero-order valence-electron chi connectivity index (χ0n) is 33.3. The SMILES string of the molecule is CC.c1ccc(-c2cccc(-c3nc(-c4cccc(-c5ccccc5)c4)nc(-n4c5ccccc5c5cc6c(cc54)nc(-c4ccccc4)n6-c4ccccc4)n3)c2)cc1. The second kappa shape index (κ2) is 15.8. The van der Waals surface area contributed by atoms with Crippen molar-refractivity contribution in [2.24, 2.45) is 0 Å². The molecule has 0 atom stereocenters. The topological polar surface area (TPSA) is 61.4 Å². The highest BCUT2D eigenvalue weighted by Gasteiger charge is 2.22. The van der Waals surface area contributed by atoms with Gasteiger partial charge in [0, 0.05) is 33.2 Å². The Kier molecular flexibility index (Phi) is 9.56. The molecule has 60 heavy (non-hydrogen) atoms. The van der Waals surface area contributed by atoms with Gasteiger partial charge in [0.05, 0.1) is 22.1 Å². The van der Waals surface area contributed by atoms with Gasteiger partial charge in [0.1, 0.15) is 5.82 Å². The monoisotopic (exact) mass is 772 g/mol. The van der Waals surface area contributed by atoms with E-state index in [9.17, 15) is 0 Å². The van der Waals surface area contributed by atoms with Crippen molar-refractivity contribution in [3.05, 3.63) is 206 Å². The van der Waals surface area contributed by atoms with Crippen LogP contribution in [-0.4, -0.2) is 29.1 Å². The van der Waals surface area contributed by atoms with Gasteiger partial charge >= 0.3 is 0 Å². The largest absolute Gasteiger partial charge is 0.292 e. The maximum atomic E-state index is 5.32. The van der Waals surface area contributed by atoms with E-state index >= 15 is 0 Å². The lowest BCUT2D eigenvalue weighted by Gasteiger charge is -2.12. The molecule has 6 nitrogen and oxygen atoms in total. The van der Waals surface area contributed by atoms with Crippen molar-refractivity contribution < 1.29 is 0 Å². The molecule has 11 rings (SSSR count). The van der Waals surface area contributed by atoms with E-state index in [1.54, 1.807) is 0 Å². The van der Waals surface area contributed by atoms with Gasteiger partial charge in [-0.2, -0.15) is 9.97 Å². The highest BCUT2D eigenvalue weighted by atomic mass is 15.2. The minimum absolute atomic E-state index is 0.534.